The van der Waals surface area contributed by atoms with Gasteiger partial charge in [0.05, 0.1) is 5.56 Å². The standard InChI is InChI=1S/C14H16N2O3S/c1-8(6-13(18)19)5-12(17)16-14-10(7-15)9-3-2-4-11(9)20-14/h8H,2-6H2,1H3,(H,16,17)(H,18,19). The Hall–Kier alpha value is -1.87. The molecule has 1 aliphatic carbocycles. The summed E-state index contributed by atoms with van der Waals surface area (Å²) in [4.78, 5) is 23.7. The second-order valence-electron chi connectivity index (χ2n) is 5.13. The SMILES string of the molecule is CC(CC(=O)O)CC(=O)Nc1sc2c(c1C#N)CCC2. The van der Waals surface area contributed by atoms with Gasteiger partial charge in [-0.05, 0) is 30.7 Å². The van der Waals surface area contributed by atoms with Crippen molar-refractivity contribution >= 4 is 28.2 Å². The number of thiophene rings is 1. The molecule has 1 aliphatic rings. The zero-order chi connectivity index (χ0) is 14.7. The topological polar surface area (TPSA) is 90.2 Å². The van der Waals surface area contributed by atoms with Crippen molar-refractivity contribution in [2.75, 3.05) is 5.32 Å². The number of amides is 1. The molecule has 20 heavy (non-hydrogen) atoms. The molecule has 1 aromatic rings. The lowest BCUT2D eigenvalue weighted by atomic mass is 10.0. The molecule has 0 aliphatic heterocycles. The quantitative estimate of drug-likeness (QED) is 0.872. The number of rotatable bonds is 5. The molecule has 1 heterocycles. The molecule has 2 N–H and O–H groups in total. The average molecular weight is 292 g/mol. The predicted octanol–water partition coefficient (Wildman–Crippen LogP) is 2.55. The summed E-state index contributed by atoms with van der Waals surface area (Å²) in [5.41, 5.74) is 1.66. The van der Waals surface area contributed by atoms with Crippen LogP contribution < -0.4 is 5.32 Å². The summed E-state index contributed by atoms with van der Waals surface area (Å²) in [6, 6.07) is 2.17. The summed E-state index contributed by atoms with van der Waals surface area (Å²) in [5.74, 6) is -1.35. The normalized spacial score (nSPS) is 14.4. The third kappa shape index (κ3) is 3.17. The van der Waals surface area contributed by atoms with Crippen molar-refractivity contribution < 1.29 is 14.7 Å². The highest BCUT2D eigenvalue weighted by Gasteiger charge is 2.23. The van der Waals surface area contributed by atoms with Crippen molar-refractivity contribution in [1.82, 2.24) is 0 Å². The molecular formula is C14H16N2O3S. The minimum atomic E-state index is -0.905. The second-order valence-corrected chi connectivity index (χ2v) is 6.23. The number of aryl methyl sites for hydroxylation is 1. The first-order valence-corrected chi connectivity index (χ1v) is 7.39. The molecule has 5 nitrogen and oxygen atoms in total. The number of aliphatic carboxylic acids is 1. The van der Waals surface area contributed by atoms with Crippen LogP contribution in [0.15, 0.2) is 0 Å². The van der Waals surface area contributed by atoms with Crippen LogP contribution in [0.4, 0.5) is 5.00 Å². The van der Waals surface area contributed by atoms with Gasteiger partial charge in [0, 0.05) is 17.7 Å². The minimum absolute atomic E-state index is 0.0283. The number of nitriles is 1. The zero-order valence-corrected chi connectivity index (χ0v) is 12.0. The van der Waals surface area contributed by atoms with E-state index in [4.69, 9.17) is 5.11 Å². The molecule has 1 atom stereocenters. The molecule has 0 saturated carbocycles. The summed E-state index contributed by atoms with van der Waals surface area (Å²) in [6.45, 7) is 1.73. The summed E-state index contributed by atoms with van der Waals surface area (Å²) in [5, 5.41) is 21.3. The molecule has 0 radical (unpaired) electrons. The number of carbonyl (C=O) groups is 2. The van der Waals surface area contributed by atoms with E-state index >= 15 is 0 Å². The number of hydrogen-bond acceptors (Lipinski definition) is 4. The monoisotopic (exact) mass is 292 g/mol. The average Bonchev–Trinajstić information content (AvgIpc) is 2.87. The van der Waals surface area contributed by atoms with Crippen molar-refractivity contribution in [3.05, 3.63) is 16.0 Å². The second kappa shape index (κ2) is 6.06. The summed E-state index contributed by atoms with van der Waals surface area (Å²) in [7, 11) is 0. The fourth-order valence-corrected chi connectivity index (χ4v) is 3.73. The van der Waals surface area contributed by atoms with E-state index in [0.29, 0.717) is 10.6 Å². The van der Waals surface area contributed by atoms with E-state index in [-0.39, 0.29) is 24.7 Å². The number of carbonyl (C=O) groups excluding carboxylic acids is 1. The molecule has 1 unspecified atom stereocenters. The van der Waals surface area contributed by atoms with Crippen LogP contribution >= 0.6 is 11.3 Å². The number of nitrogens with one attached hydrogen (secondary N) is 1. The molecule has 6 heteroatoms. The highest BCUT2D eigenvalue weighted by Crippen LogP contribution is 2.38. The van der Waals surface area contributed by atoms with Crippen LogP contribution in [-0.2, 0) is 22.4 Å². The lowest BCUT2D eigenvalue weighted by molar-refractivity contribution is -0.138. The summed E-state index contributed by atoms with van der Waals surface area (Å²) >= 11 is 1.47. The van der Waals surface area contributed by atoms with Gasteiger partial charge >= 0.3 is 5.97 Å². The van der Waals surface area contributed by atoms with Gasteiger partial charge in [-0.15, -0.1) is 11.3 Å². The first kappa shape index (κ1) is 14.5. The molecular weight excluding hydrogens is 276 g/mol. The maximum absolute atomic E-state index is 11.9. The Morgan fingerprint density at radius 2 is 2.20 bits per heavy atom. The Labute approximate surface area is 121 Å². The molecule has 0 spiro atoms. The van der Waals surface area contributed by atoms with Crippen LogP contribution in [0.3, 0.4) is 0 Å². The van der Waals surface area contributed by atoms with E-state index < -0.39 is 5.97 Å². The molecule has 1 amide bonds. The van der Waals surface area contributed by atoms with E-state index in [0.717, 1.165) is 24.8 Å². The highest BCUT2D eigenvalue weighted by molar-refractivity contribution is 7.16. The molecule has 106 valence electrons. The van der Waals surface area contributed by atoms with E-state index in [1.807, 2.05) is 0 Å². The van der Waals surface area contributed by atoms with Crippen LogP contribution in [0.2, 0.25) is 0 Å². The van der Waals surface area contributed by atoms with Gasteiger partial charge in [0.25, 0.3) is 0 Å². The number of hydrogen-bond donors (Lipinski definition) is 2. The maximum atomic E-state index is 11.9. The van der Waals surface area contributed by atoms with Gasteiger partial charge in [0.15, 0.2) is 0 Å². The van der Waals surface area contributed by atoms with E-state index in [1.54, 1.807) is 6.92 Å². The summed E-state index contributed by atoms with van der Waals surface area (Å²) in [6.07, 6.45) is 3.07. The fourth-order valence-electron chi connectivity index (χ4n) is 2.48. The van der Waals surface area contributed by atoms with Crippen molar-refractivity contribution in [2.45, 2.75) is 39.0 Å². The zero-order valence-electron chi connectivity index (χ0n) is 11.2. The van der Waals surface area contributed by atoms with Gasteiger partial charge in [-0.3, -0.25) is 9.59 Å². The first-order chi connectivity index (χ1) is 9.51. The minimum Gasteiger partial charge on any atom is -0.481 e. The lowest BCUT2D eigenvalue weighted by Crippen LogP contribution is -2.16. The third-order valence-corrected chi connectivity index (χ3v) is 4.55. The van der Waals surface area contributed by atoms with Gasteiger partial charge < -0.3 is 10.4 Å². The van der Waals surface area contributed by atoms with Crippen LogP contribution in [0.25, 0.3) is 0 Å². The Bertz CT molecular complexity index is 586. The Kier molecular flexibility index (Phi) is 4.40. The first-order valence-electron chi connectivity index (χ1n) is 6.57. The Morgan fingerprint density at radius 1 is 1.45 bits per heavy atom. The molecule has 0 aromatic carbocycles. The van der Waals surface area contributed by atoms with Gasteiger partial charge in [0.1, 0.15) is 11.1 Å². The van der Waals surface area contributed by atoms with E-state index in [1.165, 1.54) is 16.2 Å². The largest absolute Gasteiger partial charge is 0.481 e. The Balaban J connectivity index is 2.02. The van der Waals surface area contributed by atoms with Crippen LogP contribution in [-0.4, -0.2) is 17.0 Å². The molecule has 1 aromatic heterocycles. The van der Waals surface area contributed by atoms with E-state index in [2.05, 4.69) is 11.4 Å². The number of carboxylic acids is 1. The van der Waals surface area contributed by atoms with Crippen LogP contribution in [0.1, 0.15) is 42.2 Å². The van der Waals surface area contributed by atoms with Crippen molar-refractivity contribution in [3.8, 4) is 6.07 Å². The molecule has 0 saturated heterocycles. The summed E-state index contributed by atoms with van der Waals surface area (Å²) < 4.78 is 0. The highest BCUT2D eigenvalue weighted by atomic mass is 32.1. The van der Waals surface area contributed by atoms with Crippen LogP contribution in [0.5, 0.6) is 0 Å². The van der Waals surface area contributed by atoms with Crippen molar-refractivity contribution in [3.63, 3.8) is 0 Å². The van der Waals surface area contributed by atoms with Gasteiger partial charge in [-0.2, -0.15) is 5.26 Å². The van der Waals surface area contributed by atoms with Gasteiger partial charge in [-0.1, -0.05) is 6.92 Å². The van der Waals surface area contributed by atoms with Crippen molar-refractivity contribution in [1.29, 1.82) is 5.26 Å². The maximum Gasteiger partial charge on any atom is 0.303 e. The van der Waals surface area contributed by atoms with E-state index in [9.17, 15) is 14.9 Å². The number of carboxylic acid groups (broad SMARTS) is 1. The van der Waals surface area contributed by atoms with Crippen molar-refractivity contribution in [2.24, 2.45) is 5.92 Å². The predicted molar refractivity (Wildman–Crippen MR) is 75.7 cm³/mol. The Morgan fingerprint density at radius 3 is 2.85 bits per heavy atom. The molecule has 0 bridgehead atoms. The smallest absolute Gasteiger partial charge is 0.303 e. The van der Waals surface area contributed by atoms with Gasteiger partial charge in [-0.25, -0.2) is 0 Å². The number of nitrogens with zero attached hydrogens (tertiary/aromatic N) is 1. The molecule has 2 rings (SSSR count). The number of fused-ring (bicyclic) bond motifs is 1. The lowest BCUT2D eigenvalue weighted by Gasteiger charge is -2.08. The third-order valence-electron chi connectivity index (χ3n) is 3.34. The fraction of sp³-hybridized carbons (Fsp3) is 0.500. The number of anilines is 1. The van der Waals surface area contributed by atoms with Gasteiger partial charge in [0.2, 0.25) is 5.91 Å². The molecule has 0 fully saturated rings. The van der Waals surface area contributed by atoms with Crippen LogP contribution in [0, 0.1) is 17.2 Å².